The molecular formula is C13H21BrN2O. The van der Waals surface area contributed by atoms with Crippen LogP contribution in [-0.2, 0) is 0 Å². The van der Waals surface area contributed by atoms with E-state index in [2.05, 4.69) is 15.9 Å². The maximum absolute atomic E-state index is 9.85. The number of hydrogen-bond donors (Lipinski definition) is 2. The van der Waals surface area contributed by atoms with E-state index in [0.29, 0.717) is 6.54 Å². The molecule has 1 aromatic carbocycles. The Hall–Kier alpha value is -0.580. The molecule has 1 unspecified atom stereocenters. The second-order valence-electron chi connectivity index (χ2n) is 5.16. The first-order valence-electron chi connectivity index (χ1n) is 5.69. The van der Waals surface area contributed by atoms with Crippen LogP contribution in [0.4, 0.5) is 5.69 Å². The van der Waals surface area contributed by atoms with Crippen molar-refractivity contribution in [3.05, 3.63) is 28.2 Å². The lowest BCUT2D eigenvalue weighted by Gasteiger charge is -2.29. The van der Waals surface area contributed by atoms with E-state index < -0.39 is 5.60 Å². The summed E-state index contributed by atoms with van der Waals surface area (Å²) in [4.78, 5) is 2.03. The molecule has 0 bridgehead atoms. The zero-order chi connectivity index (χ0) is 13.2. The van der Waals surface area contributed by atoms with Crippen molar-refractivity contribution < 1.29 is 5.11 Å². The molecule has 3 nitrogen and oxygen atoms in total. The third-order valence-corrected chi connectivity index (χ3v) is 3.01. The molecule has 96 valence electrons. The van der Waals surface area contributed by atoms with Crippen LogP contribution in [0.1, 0.15) is 32.4 Å². The first kappa shape index (κ1) is 14.5. The molecule has 3 N–H and O–H groups in total. The van der Waals surface area contributed by atoms with E-state index in [0.717, 1.165) is 15.7 Å². The Labute approximate surface area is 112 Å². The third kappa shape index (κ3) is 4.30. The standard InChI is InChI=1S/C13H21BrN2O/c1-9(15)11-7-10(14)5-6-12(11)16(4)8-13(2,3)17/h5-7,9,17H,8,15H2,1-4H3. The van der Waals surface area contributed by atoms with Crippen molar-refractivity contribution in [3.8, 4) is 0 Å². The second kappa shape index (κ2) is 5.38. The molecule has 0 radical (unpaired) electrons. The van der Waals surface area contributed by atoms with Crippen LogP contribution in [-0.4, -0.2) is 24.3 Å². The summed E-state index contributed by atoms with van der Waals surface area (Å²) in [7, 11) is 1.97. The molecule has 0 heterocycles. The highest BCUT2D eigenvalue weighted by Gasteiger charge is 2.18. The molecule has 0 amide bonds. The fourth-order valence-electron chi connectivity index (χ4n) is 1.90. The molecule has 0 saturated heterocycles. The number of nitrogens with two attached hydrogens (primary N) is 1. The molecule has 0 aromatic heterocycles. The molecule has 0 aliphatic rings. The first-order valence-corrected chi connectivity index (χ1v) is 6.48. The van der Waals surface area contributed by atoms with Crippen LogP contribution in [0.25, 0.3) is 0 Å². The minimum atomic E-state index is -0.725. The number of anilines is 1. The number of rotatable bonds is 4. The molecule has 0 aliphatic carbocycles. The third-order valence-electron chi connectivity index (χ3n) is 2.52. The van der Waals surface area contributed by atoms with Crippen molar-refractivity contribution in [2.45, 2.75) is 32.4 Å². The van der Waals surface area contributed by atoms with Gasteiger partial charge in [-0.25, -0.2) is 0 Å². The Balaban J connectivity index is 3.04. The van der Waals surface area contributed by atoms with Crippen molar-refractivity contribution in [3.63, 3.8) is 0 Å². The number of nitrogens with zero attached hydrogens (tertiary/aromatic N) is 1. The first-order chi connectivity index (χ1) is 7.70. The van der Waals surface area contributed by atoms with Crippen LogP contribution >= 0.6 is 15.9 Å². The molecule has 1 atom stereocenters. The molecule has 0 spiro atoms. The SMILES string of the molecule is CC(N)c1cc(Br)ccc1N(C)CC(C)(C)O. The lowest BCUT2D eigenvalue weighted by atomic mass is 10.0. The minimum absolute atomic E-state index is 0.0354. The van der Waals surface area contributed by atoms with Gasteiger partial charge < -0.3 is 15.7 Å². The van der Waals surface area contributed by atoms with Crippen molar-refractivity contribution in [2.75, 3.05) is 18.5 Å². The number of hydrogen-bond acceptors (Lipinski definition) is 3. The molecule has 0 aliphatic heterocycles. The average molecular weight is 301 g/mol. The van der Waals surface area contributed by atoms with Crippen LogP contribution in [0.2, 0.25) is 0 Å². The molecule has 1 aromatic rings. The van der Waals surface area contributed by atoms with Gasteiger partial charge >= 0.3 is 0 Å². The predicted octanol–water partition coefficient (Wildman–Crippen LogP) is 2.68. The molecule has 4 heteroatoms. The van der Waals surface area contributed by atoms with E-state index in [1.54, 1.807) is 13.8 Å². The lowest BCUT2D eigenvalue weighted by molar-refractivity contribution is 0.0886. The zero-order valence-electron chi connectivity index (χ0n) is 10.9. The number of likely N-dealkylation sites (N-methyl/N-ethyl adjacent to an activating group) is 1. The van der Waals surface area contributed by atoms with Gasteiger partial charge in [-0.15, -0.1) is 0 Å². The van der Waals surface area contributed by atoms with E-state index in [4.69, 9.17) is 5.73 Å². The van der Waals surface area contributed by atoms with Crippen LogP contribution in [0.3, 0.4) is 0 Å². The summed E-state index contributed by atoms with van der Waals surface area (Å²) in [6, 6.07) is 6.00. The van der Waals surface area contributed by atoms with E-state index in [1.807, 2.05) is 37.1 Å². The highest BCUT2D eigenvalue weighted by Crippen LogP contribution is 2.28. The van der Waals surface area contributed by atoms with Gasteiger partial charge in [-0.2, -0.15) is 0 Å². The van der Waals surface area contributed by atoms with Crippen LogP contribution in [0.15, 0.2) is 22.7 Å². The smallest absolute Gasteiger partial charge is 0.0765 e. The molecule has 0 saturated carbocycles. The maximum Gasteiger partial charge on any atom is 0.0765 e. The summed E-state index contributed by atoms with van der Waals surface area (Å²) >= 11 is 3.45. The number of benzene rings is 1. The normalized spacial score (nSPS) is 13.6. The minimum Gasteiger partial charge on any atom is -0.389 e. The fourth-order valence-corrected chi connectivity index (χ4v) is 2.28. The predicted molar refractivity (Wildman–Crippen MR) is 76.3 cm³/mol. The molecule has 17 heavy (non-hydrogen) atoms. The Morgan fingerprint density at radius 2 is 2.06 bits per heavy atom. The number of aliphatic hydroxyl groups is 1. The summed E-state index contributed by atoms with van der Waals surface area (Å²) < 4.78 is 1.02. The van der Waals surface area contributed by atoms with Gasteiger partial charge in [0.25, 0.3) is 0 Å². The van der Waals surface area contributed by atoms with Gasteiger partial charge in [-0.05, 0) is 44.5 Å². The summed E-state index contributed by atoms with van der Waals surface area (Å²) in [5.74, 6) is 0. The van der Waals surface area contributed by atoms with Crippen molar-refractivity contribution in [2.24, 2.45) is 5.73 Å². The van der Waals surface area contributed by atoms with E-state index in [1.165, 1.54) is 0 Å². The van der Waals surface area contributed by atoms with Gasteiger partial charge in [-0.3, -0.25) is 0 Å². The summed E-state index contributed by atoms with van der Waals surface area (Å²) in [6.07, 6.45) is 0. The van der Waals surface area contributed by atoms with Gasteiger partial charge in [0, 0.05) is 29.8 Å². The van der Waals surface area contributed by atoms with Crippen LogP contribution < -0.4 is 10.6 Å². The van der Waals surface area contributed by atoms with Crippen molar-refractivity contribution in [1.82, 2.24) is 0 Å². The summed E-state index contributed by atoms with van der Waals surface area (Å²) in [5, 5.41) is 9.85. The van der Waals surface area contributed by atoms with Gasteiger partial charge in [0.15, 0.2) is 0 Å². The van der Waals surface area contributed by atoms with Gasteiger partial charge in [0.2, 0.25) is 0 Å². The maximum atomic E-state index is 9.85. The van der Waals surface area contributed by atoms with E-state index >= 15 is 0 Å². The number of halogens is 1. The Bertz CT molecular complexity index is 385. The summed E-state index contributed by atoms with van der Waals surface area (Å²) in [6.45, 7) is 6.12. The summed E-state index contributed by atoms with van der Waals surface area (Å²) in [5.41, 5.74) is 7.39. The topological polar surface area (TPSA) is 49.5 Å². The van der Waals surface area contributed by atoms with Gasteiger partial charge in [0.05, 0.1) is 5.60 Å². The quantitative estimate of drug-likeness (QED) is 0.899. The van der Waals surface area contributed by atoms with Gasteiger partial charge in [0.1, 0.15) is 0 Å². The second-order valence-corrected chi connectivity index (χ2v) is 6.08. The zero-order valence-corrected chi connectivity index (χ0v) is 12.5. The molecule has 0 fully saturated rings. The fraction of sp³-hybridized carbons (Fsp3) is 0.538. The van der Waals surface area contributed by atoms with Crippen LogP contribution in [0, 0.1) is 0 Å². The molecular weight excluding hydrogens is 280 g/mol. The Kier molecular flexibility index (Phi) is 4.58. The van der Waals surface area contributed by atoms with Crippen molar-refractivity contribution in [1.29, 1.82) is 0 Å². The Morgan fingerprint density at radius 3 is 2.53 bits per heavy atom. The van der Waals surface area contributed by atoms with E-state index in [9.17, 15) is 5.11 Å². The highest BCUT2D eigenvalue weighted by atomic mass is 79.9. The van der Waals surface area contributed by atoms with Gasteiger partial charge in [-0.1, -0.05) is 15.9 Å². The highest BCUT2D eigenvalue weighted by molar-refractivity contribution is 9.10. The van der Waals surface area contributed by atoms with E-state index in [-0.39, 0.29) is 6.04 Å². The monoisotopic (exact) mass is 300 g/mol. The largest absolute Gasteiger partial charge is 0.389 e. The van der Waals surface area contributed by atoms with Crippen molar-refractivity contribution >= 4 is 21.6 Å². The lowest BCUT2D eigenvalue weighted by Crippen LogP contribution is -2.36. The molecule has 1 rings (SSSR count). The Morgan fingerprint density at radius 1 is 1.47 bits per heavy atom. The van der Waals surface area contributed by atoms with Crippen LogP contribution in [0.5, 0.6) is 0 Å². The average Bonchev–Trinajstić information content (AvgIpc) is 2.14.